The zero-order valence-corrected chi connectivity index (χ0v) is 9.87. The number of methoxy groups -OCH3 is 2. The van der Waals surface area contributed by atoms with Crippen LogP contribution in [0.2, 0.25) is 0 Å². The van der Waals surface area contributed by atoms with E-state index in [9.17, 15) is 5.11 Å². The van der Waals surface area contributed by atoms with Gasteiger partial charge in [-0.1, -0.05) is 0 Å². The number of hydrogen-bond donors (Lipinski definition) is 2. The van der Waals surface area contributed by atoms with Gasteiger partial charge < -0.3 is 33.9 Å². The predicted octanol–water partition coefficient (Wildman–Crippen LogP) is -0.245. The molecule has 0 aromatic heterocycles. The summed E-state index contributed by atoms with van der Waals surface area (Å²) in [6, 6.07) is 0. The second kappa shape index (κ2) is 7.46. The second-order valence-corrected chi connectivity index (χ2v) is 3.44. The van der Waals surface area contributed by atoms with E-state index in [-0.39, 0.29) is 26.0 Å². The Bertz CT molecular complexity index is 243. The molecular weight excluding hydrogens is 232 g/mol. The number of aliphatic hydroxyl groups is 2. The van der Waals surface area contributed by atoms with Crippen LogP contribution in [-0.4, -0.2) is 62.9 Å². The molecule has 1 fully saturated rings. The first-order chi connectivity index (χ1) is 8.24. The Balaban J connectivity index is 2.62. The third-order valence-electron chi connectivity index (χ3n) is 2.29. The highest BCUT2D eigenvalue weighted by molar-refractivity contribution is 5.04. The van der Waals surface area contributed by atoms with Gasteiger partial charge in [0.05, 0.1) is 0 Å². The quantitative estimate of drug-likeness (QED) is 0.496. The fourth-order valence-electron chi connectivity index (χ4n) is 1.48. The number of hydrogen-bond acceptors (Lipinski definition) is 7. The molecule has 1 aliphatic heterocycles. The Kier molecular flexibility index (Phi) is 6.23. The molecule has 3 atom stereocenters. The van der Waals surface area contributed by atoms with Crippen LogP contribution in [0.4, 0.5) is 0 Å². The lowest BCUT2D eigenvalue weighted by molar-refractivity contribution is -0.213. The van der Waals surface area contributed by atoms with E-state index in [1.54, 1.807) is 0 Å². The Morgan fingerprint density at radius 3 is 2.53 bits per heavy atom. The molecule has 0 aromatic carbocycles. The maximum Gasteiger partial charge on any atom is 0.161 e. The molecule has 1 rings (SSSR count). The van der Waals surface area contributed by atoms with E-state index in [0.29, 0.717) is 6.26 Å². The second-order valence-electron chi connectivity index (χ2n) is 3.44. The molecule has 0 amide bonds. The van der Waals surface area contributed by atoms with Crippen molar-refractivity contribution in [3.63, 3.8) is 0 Å². The lowest BCUT2D eigenvalue weighted by atomic mass is 10.0. The molecule has 0 aliphatic carbocycles. The Morgan fingerprint density at radius 2 is 1.94 bits per heavy atom. The summed E-state index contributed by atoms with van der Waals surface area (Å²) in [5.74, 6) is 0.0448. The van der Waals surface area contributed by atoms with Gasteiger partial charge in [-0.15, -0.1) is 0 Å². The Hall–Kier alpha value is -0.860. The van der Waals surface area contributed by atoms with Gasteiger partial charge in [0.2, 0.25) is 0 Å². The smallest absolute Gasteiger partial charge is 0.161 e. The van der Waals surface area contributed by atoms with Crippen molar-refractivity contribution >= 4 is 0 Å². The van der Waals surface area contributed by atoms with Crippen LogP contribution in [0.15, 0.2) is 12.0 Å². The Morgan fingerprint density at radius 1 is 1.29 bits per heavy atom. The predicted molar refractivity (Wildman–Crippen MR) is 56.2 cm³/mol. The van der Waals surface area contributed by atoms with Crippen molar-refractivity contribution in [1.29, 1.82) is 0 Å². The molecule has 1 heterocycles. The molecule has 0 unspecified atom stereocenters. The SMILES string of the molecule is COCO[C@@H]1[C@@H](OCOC)COC(=CO)[C@@H]1O. The summed E-state index contributed by atoms with van der Waals surface area (Å²) in [6.45, 7) is 0.222. The first-order valence-electron chi connectivity index (χ1n) is 5.10. The zero-order valence-electron chi connectivity index (χ0n) is 9.87. The summed E-state index contributed by atoms with van der Waals surface area (Å²) in [4.78, 5) is 0. The maximum absolute atomic E-state index is 9.87. The fraction of sp³-hybridized carbons (Fsp3) is 0.800. The zero-order chi connectivity index (χ0) is 12.7. The average Bonchev–Trinajstić information content (AvgIpc) is 2.35. The molecule has 0 radical (unpaired) electrons. The van der Waals surface area contributed by atoms with Gasteiger partial charge in [0.1, 0.15) is 44.8 Å². The van der Waals surface area contributed by atoms with Gasteiger partial charge in [-0.25, -0.2) is 0 Å². The van der Waals surface area contributed by atoms with Crippen LogP contribution in [0.25, 0.3) is 0 Å². The molecular formula is C10H18O7. The van der Waals surface area contributed by atoms with E-state index in [2.05, 4.69) is 0 Å². The van der Waals surface area contributed by atoms with Gasteiger partial charge in [0.15, 0.2) is 5.76 Å². The Labute approximate surface area is 99.5 Å². The number of aliphatic hydroxyl groups excluding tert-OH is 2. The van der Waals surface area contributed by atoms with Crippen molar-refractivity contribution in [3.05, 3.63) is 12.0 Å². The van der Waals surface area contributed by atoms with Gasteiger partial charge in [0.25, 0.3) is 0 Å². The molecule has 0 aromatic rings. The molecule has 2 N–H and O–H groups in total. The van der Waals surface area contributed by atoms with E-state index in [1.807, 2.05) is 0 Å². The van der Waals surface area contributed by atoms with E-state index >= 15 is 0 Å². The molecule has 1 saturated heterocycles. The highest BCUT2D eigenvalue weighted by atomic mass is 16.7. The number of ether oxygens (including phenoxy) is 5. The first kappa shape index (κ1) is 14.2. The molecule has 100 valence electrons. The monoisotopic (exact) mass is 250 g/mol. The van der Waals surface area contributed by atoms with E-state index in [1.165, 1.54) is 14.2 Å². The molecule has 0 bridgehead atoms. The minimum atomic E-state index is -1.11. The van der Waals surface area contributed by atoms with Crippen LogP contribution in [0, 0.1) is 0 Å². The third kappa shape index (κ3) is 3.83. The van der Waals surface area contributed by atoms with Crippen LogP contribution in [0.3, 0.4) is 0 Å². The van der Waals surface area contributed by atoms with Crippen LogP contribution in [-0.2, 0) is 23.7 Å². The largest absolute Gasteiger partial charge is 0.512 e. The highest BCUT2D eigenvalue weighted by Crippen LogP contribution is 2.23. The van der Waals surface area contributed by atoms with E-state index in [4.69, 9.17) is 28.8 Å². The summed E-state index contributed by atoms with van der Waals surface area (Å²) in [5.41, 5.74) is 0. The molecule has 7 heteroatoms. The normalized spacial score (nSPS) is 31.5. The third-order valence-corrected chi connectivity index (χ3v) is 2.29. The van der Waals surface area contributed by atoms with Crippen molar-refractivity contribution in [2.75, 3.05) is 34.4 Å². The molecule has 0 saturated carbocycles. The lowest BCUT2D eigenvalue weighted by Gasteiger charge is -2.35. The summed E-state index contributed by atoms with van der Waals surface area (Å²) in [5, 5.41) is 18.7. The fourth-order valence-corrected chi connectivity index (χ4v) is 1.48. The topological polar surface area (TPSA) is 86.6 Å². The molecule has 0 spiro atoms. The summed E-state index contributed by atoms with van der Waals surface area (Å²) in [7, 11) is 2.96. The van der Waals surface area contributed by atoms with Crippen molar-refractivity contribution in [3.8, 4) is 0 Å². The lowest BCUT2D eigenvalue weighted by Crippen LogP contribution is -2.49. The summed E-state index contributed by atoms with van der Waals surface area (Å²) >= 11 is 0. The van der Waals surface area contributed by atoms with E-state index < -0.39 is 18.3 Å². The van der Waals surface area contributed by atoms with Crippen LogP contribution in [0.1, 0.15) is 0 Å². The summed E-state index contributed by atoms with van der Waals surface area (Å²) in [6.07, 6.45) is -1.58. The van der Waals surface area contributed by atoms with E-state index in [0.717, 1.165) is 0 Å². The highest BCUT2D eigenvalue weighted by Gasteiger charge is 2.38. The minimum absolute atomic E-state index is 0.00722. The molecule has 1 aliphatic rings. The van der Waals surface area contributed by atoms with Crippen LogP contribution < -0.4 is 0 Å². The van der Waals surface area contributed by atoms with Gasteiger partial charge in [-0.3, -0.25) is 0 Å². The van der Waals surface area contributed by atoms with Crippen molar-refractivity contribution in [2.24, 2.45) is 0 Å². The van der Waals surface area contributed by atoms with Gasteiger partial charge >= 0.3 is 0 Å². The van der Waals surface area contributed by atoms with Gasteiger partial charge in [-0.2, -0.15) is 0 Å². The standard InChI is InChI=1S/C10H18O7/c1-13-5-16-8-4-15-7(3-11)9(12)10(8)17-6-14-2/h3,8-12H,4-6H2,1-2H3/t8-,9-,10+/m0/s1. The molecule has 17 heavy (non-hydrogen) atoms. The van der Waals surface area contributed by atoms with Crippen molar-refractivity contribution in [1.82, 2.24) is 0 Å². The average molecular weight is 250 g/mol. The molecule has 7 nitrogen and oxygen atoms in total. The minimum Gasteiger partial charge on any atom is -0.512 e. The van der Waals surface area contributed by atoms with Crippen LogP contribution >= 0.6 is 0 Å². The van der Waals surface area contributed by atoms with Gasteiger partial charge in [0, 0.05) is 14.2 Å². The first-order valence-corrected chi connectivity index (χ1v) is 5.10. The van der Waals surface area contributed by atoms with Crippen molar-refractivity contribution in [2.45, 2.75) is 18.3 Å². The van der Waals surface area contributed by atoms with Crippen LogP contribution in [0.5, 0.6) is 0 Å². The van der Waals surface area contributed by atoms with Gasteiger partial charge in [-0.05, 0) is 0 Å². The summed E-state index contributed by atoms with van der Waals surface area (Å²) < 4.78 is 25.3. The van der Waals surface area contributed by atoms with Crippen molar-refractivity contribution < 1.29 is 33.9 Å². The number of rotatable bonds is 6. The maximum atomic E-state index is 9.87.